The Balaban J connectivity index is 0.000000750. The Hall–Kier alpha value is -1.10. The molecule has 0 amide bonds. The van der Waals surface area contributed by atoms with Gasteiger partial charge in [0, 0.05) is 5.39 Å². The highest BCUT2D eigenvalue weighted by Gasteiger charge is 2.01. The largest absolute Gasteiger partial charge is 0.443 e. The van der Waals surface area contributed by atoms with Crippen molar-refractivity contribution in [3.63, 3.8) is 0 Å². The molecule has 0 bridgehead atoms. The van der Waals surface area contributed by atoms with Gasteiger partial charge in [0.15, 0.2) is 12.0 Å². The van der Waals surface area contributed by atoms with E-state index in [-0.39, 0.29) is 24.0 Å². The summed E-state index contributed by atoms with van der Waals surface area (Å²) in [4.78, 5) is 4.18. The maximum Gasteiger partial charge on any atom is 0.182 e. The van der Waals surface area contributed by atoms with Crippen molar-refractivity contribution in [1.29, 1.82) is 0 Å². The Morgan fingerprint density at radius 2 is 1.86 bits per heavy atom. The maximum absolute atomic E-state index is 5.21. The van der Waals surface area contributed by atoms with Gasteiger partial charge in [-0.05, 0) is 11.5 Å². The minimum absolute atomic E-state index is 0. The standard InChI is InChI=1S/C11H7NO.HI/c1-2-4-9-8(3-1)5-6-10-11(9)12-7-13-10;/h1-7H;1H. The normalized spacial score (nSPS) is 10.3. The van der Waals surface area contributed by atoms with Gasteiger partial charge in [0.25, 0.3) is 0 Å². The van der Waals surface area contributed by atoms with Crippen molar-refractivity contribution in [2.75, 3.05) is 0 Å². The van der Waals surface area contributed by atoms with Crippen LogP contribution in [0.3, 0.4) is 0 Å². The van der Waals surface area contributed by atoms with E-state index in [0.717, 1.165) is 16.5 Å². The molecule has 0 radical (unpaired) electrons. The number of benzene rings is 2. The van der Waals surface area contributed by atoms with Gasteiger partial charge in [-0.1, -0.05) is 30.3 Å². The molecule has 70 valence electrons. The summed E-state index contributed by atoms with van der Waals surface area (Å²) in [5.41, 5.74) is 1.79. The second-order valence-corrected chi connectivity index (χ2v) is 2.99. The fraction of sp³-hybridized carbons (Fsp3) is 0. The summed E-state index contributed by atoms with van der Waals surface area (Å²) < 4.78 is 5.21. The molecular weight excluding hydrogens is 289 g/mol. The van der Waals surface area contributed by atoms with Gasteiger partial charge in [0.1, 0.15) is 5.52 Å². The average Bonchev–Trinajstić information content (AvgIpc) is 2.65. The van der Waals surface area contributed by atoms with Crippen molar-refractivity contribution in [2.45, 2.75) is 0 Å². The molecule has 0 aliphatic carbocycles. The quantitative estimate of drug-likeness (QED) is 0.593. The van der Waals surface area contributed by atoms with E-state index in [2.05, 4.69) is 17.1 Å². The third-order valence-corrected chi connectivity index (χ3v) is 2.23. The van der Waals surface area contributed by atoms with E-state index in [4.69, 9.17) is 4.42 Å². The Bertz CT molecular complexity index is 573. The highest BCUT2D eigenvalue weighted by Crippen LogP contribution is 2.23. The molecule has 1 aromatic heterocycles. The van der Waals surface area contributed by atoms with Crippen molar-refractivity contribution in [3.8, 4) is 0 Å². The van der Waals surface area contributed by atoms with Crippen molar-refractivity contribution in [3.05, 3.63) is 42.8 Å². The number of hydrogen-bond donors (Lipinski definition) is 0. The summed E-state index contributed by atoms with van der Waals surface area (Å²) in [5.74, 6) is 0. The fourth-order valence-electron chi connectivity index (χ4n) is 1.60. The van der Waals surface area contributed by atoms with Crippen LogP contribution in [0.1, 0.15) is 0 Å². The lowest BCUT2D eigenvalue weighted by atomic mass is 10.1. The van der Waals surface area contributed by atoms with Crippen molar-refractivity contribution in [1.82, 2.24) is 4.98 Å². The van der Waals surface area contributed by atoms with E-state index in [9.17, 15) is 0 Å². The Morgan fingerprint density at radius 3 is 2.79 bits per heavy atom. The first-order chi connectivity index (χ1) is 6.45. The SMILES string of the molecule is I.c1ccc2c(c1)ccc1ocnc12. The predicted octanol–water partition coefficient (Wildman–Crippen LogP) is 3.60. The monoisotopic (exact) mass is 297 g/mol. The van der Waals surface area contributed by atoms with Crippen LogP contribution in [-0.2, 0) is 0 Å². The van der Waals surface area contributed by atoms with Gasteiger partial charge in [0.2, 0.25) is 0 Å². The zero-order valence-corrected chi connectivity index (χ0v) is 9.64. The molecule has 0 atom stereocenters. The molecule has 14 heavy (non-hydrogen) atoms. The van der Waals surface area contributed by atoms with Crippen molar-refractivity contribution < 1.29 is 4.42 Å². The maximum atomic E-state index is 5.21. The molecule has 0 aliphatic heterocycles. The zero-order chi connectivity index (χ0) is 8.67. The minimum atomic E-state index is 0. The van der Waals surface area contributed by atoms with Gasteiger partial charge in [-0.15, -0.1) is 24.0 Å². The smallest absolute Gasteiger partial charge is 0.182 e. The fourth-order valence-corrected chi connectivity index (χ4v) is 1.60. The van der Waals surface area contributed by atoms with Crippen LogP contribution in [0.2, 0.25) is 0 Å². The topological polar surface area (TPSA) is 26.0 Å². The zero-order valence-electron chi connectivity index (χ0n) is 7.31. The van der Waals surface area contributed by atoms with Gasteiger partial charge in [-0.25, -0.2) is 4.98 Å². The molecule has 1 heterocycles. The molecule has 0 aliphatic rings. The van der Waals surface area contributed by atoms with E-state index >= 15 is 0 Å². The van der Waals surface area contributed by atoms with E-state index in [1.54, 1.807) is 0 Å². The second-order valence-electron chi connectivity index (χ2n) is 2.99. The number of hydrogen-bond acceptors (Lipinski definition) is 2. The molecule has 0 saturated carbocycles. The molecule has 0 fully saturated rings. The number of nitrogens with zero attached hydrogens (tertiary/aromatic N) is 1. The minimum Gasteiger partial charge on any atom is -0.443 e. The molecule has 2 aromatic carbocycles. The average molecular weight is 297 g/mol. The molecule has 0 saturated heterocycles. The number of oxazole rings is 1. The lowest BCUT2D eigenvalue weighted by molar-refractivity contribution is 0.602. The Morgan fingerprint density at radius 1 is 1.00 bits per heavy atom. The van der Waals surface area contributed by atoms with Gasteiger partial charge in [-0.3, -0.25) is 0 Å². The van der Waals surface area contributed by atoms with Crippen LogP contribution in [0.15, 0.2) is 47.2 Å². The van der Waals surface area contributed by atoms with E-state index in [1.165, 1.54) is 11.8 Å². The summed E-state index contributed by atoms with van der Waals surface area (Å²) in [6.07, 6.45) is 1.48. The van der Waals surface area contributed by atoms with E-state index < -0.39 is 0 Å². The van der Waals surface area contributed by atoms with Crippen LogP contribution in [0.25, 0.3) is 21.9 Å². The summed E-state index contributed by atoms with van der Waals surface area (Å²) >= 11 is 0. The number of aromatic nitrogens is 1. The van der Waals surface area contributed by atoms with Crippen LogP contribution < -0.4 is 0 Å². The first kappa shape index (κ1) is 9.45. The molecular formula is C11H8INO. The molecule has 3 rings (SSSR count). The van der Waals surface area contributed by atoms with Gasteiger partial charge in [0.05, 0.1) is 0 Å². The molecule has 0 N–H and O–H groups in total. The first-order valence-electron chi connectivity index (χ1n) is 4.16. The van der Waals surface area contributed by atoms with E-state index in [1.807, 2.05) is 24.3 Å². The third-order valence-electron chi connectivity index (χ3n) is 2.23. The Kier molecular flexibility index (Phi) is 2.41. The Labute approximate surface area is 98.0 Å². The summed E-state index contributed by atoms with van der Waals surface area (Å²) in [5, 5.41) is 2.35. The lowest BCUT2D eigenvalue weighted by Gasteiger charge is -1.95. The first-order valence-corrected chi connectivity index (χ1v) is 4.16. The number of halogens is 1. The summed E-state index contributed by atoms with van der Waals surface area (Å²) in [6, 6.07) is 12.2. The van der Waals surface area contributed by atoms with Crippen molar-refractivity contribution >= 4 is 45.8 Å². The highest BCUT2D eigenvalue weighted by atomic mass is 127. The van der Waals surface area contributed by atoms with Crippen molar-refractivity contribution in [2.24, 2.45) is 0 Å². The van der Waals surface area contributed by atoms with Crippen LogP contribution in [0, 0.1) is 0 Å². The number of fused-ring (bicyclic) bond motifs is 3. The van der Waals surface area contributed by atoms with Crippen LogP contribution >= 0.6 is 24.0 Å². The molecule has 3 aromatic rings. The summed E-state index contributed by atoms with van der Waals surface area (Å²) in [6.45, 7) is 0. The van der Waals surface area contributed by atoms with Gasteiger partial charge < -0.3 is 4.42 Å². The molecule has 3 heteroatoms. The van der Waals surface area contributed by atoms with Crippen LogP contribution in [0.5, 0.6) is 0 Å². The molecule has 0 unspecified atom stereocenters. The highest BCUT2D eigenvalue weighted by molar-refractivity contribution is 14.0. The second kappa shape index (κ2) is 3.57. The molecule has 2 nitrogen and oxygen atoms in total. The molecule has 0 spiro atoms. The van der Waals surface area contributed by atoms with Gasteiger partial charge in [-0.2, -0.15) is 0 Å². The van der Waals surface area contributed by atoms with Gasteiger partial charge >= 0.3 is 0 Å². The number of rotatable bonds is 0. The summed E-state index contributed by atoms with van der Waals surface area (Å²) in [7, 11) is 0. The predicted molar refractivity (Wildman–Crippen MR) is 66.9 cm³/mol. The lowest BCUT2D eigenvalue weighted by Crippen LogP contribution is -1.73. The van der Waals surface area contributed by atoms with Crippen LogP contribution in [-0.4, -0.2) is 4.98 Å². The third kappa shape index (κ3) is 1.28. The van der Waals surface area contributed by atoms with E-state index in [0.29, 0.717) is 0 Å². The van der Waals surface area contributed by atoms with Crippen LogP contribution in [0.4, 0.5) is 0 Å².